The zero-order chi connectivity index (χ0) is 11.7. The van der Waals surface area contributed by atoms with Crippen LogP contribution in [-0.4, -0.2) is 31.9 Å². The van der Waals surface area contributed by atoms with Gasteiger partial charge in [-0.05, 0) is 25.2 Å². The van der Waals surface area contributed by atoms with Crippen LogP contribution in [-0.2, 0) is 0 Å². The van der Waals surface area contributed by atoms with Gasteiger partial charge in [0.15, 0.2) is 11.5 Å². The molecule has 0 aliphatic heterocycles. The van der Waals surface area contributed by atoms with Crippen molar-refractivity contribution in [2.75, 3.05) is 11.9 Å². The van der Waals surface area contributed by atoms with Crippen LogP contribution < -0.4 is 5.32 Å². The van der Waals surface area contributed by atoms with Gasteiger partial charge in [-0.1, -0.05) is 0 Å². The van der Waals surface area contributed by atoms with Crippen LogP contribution in [0.25, 0.3) is 11.2 Å². The number of rotatable bonds is 3. The molecule has 1 aliphatic rings. The zero-order valence-corrected chi connectivity index (χ0v) is 10.1. The Hall–Kier alpha value is -1.36. The molecule has 2 unspecified atom stereocenters. The van der Waals surface area contributed by atoms with Gasteiger partial charge in [-0.3, -0.25) is 0 Å². The summed E-state index contributed by atoms with van der Waals surface area (Å²) in [6.07, 6.45) is 6.57. The highest BCUT2D eigenvalue weighted by Crippen LogP contribution is 2.29. The van der Waals surface area contributed by atoms with Crippen LogP contribution in [0.4, 0.5) is 5.82 Å². The number of aromatic nitrogens is 4. The SMILES string of the molecule is ClC1CCC(CNc2ncnc3nc[nH]c23)C1. The molecule has 0 amide bonds. The fraction of sp³-hybridized carbons (Fsp3) is 0.545. The summed E-state index contributed by atoms with van der Waals surface area (Å²) >= 11 is 6.10. The molecule has 5 nitrogen and oxygen atoms in total. The van der Waals surface area contributed by atoms with Crippen LogP contribution in [0.5, 0.6) is 0 Å². The Labute approximate surface area is 104 Å². The van der Waals surface area contributed by atoms with Gasteiger partial charge in [0.25, 0.3) is 0 Å². The summed E-state index contributed by atoms with van der Waals surface area (Å²) in [4.78, 5) is 15.5. The first-order valence-corrected chi connectivity index (χ1v) is 6.28. The van der Waals surface area contributed by atoms with Crippen LogP contribution in [0.3, 0.4) is 0 Å². The number of nitrogens with one attached hydrogen (secondary N) is 2. The van der Waals surface area contributed by atoms with Crippen molar-refractivity contribution < 1.29 is 0 Å². The Morgan fingerprint density at radius 1 is 1.35 bits per heavy atom. The standard InChI is InChI=1S/C11H14ClN5/c12-8-2-1-7(3-8)4-13-10-9-11(15-5-14-9)17-6-16-10/h5-8H,1-4H2,(H2,13,14,15,16,17). The van der Waals surface area contributed by atoms with Crippen molar-refractivity contribution in [3.05, 3.63) is 12.7 Å². The lowest BCUT2D eigenvalue weighted by Crippen LogP contribution is -2.13. The molecule has 2 aromatic heterocycles. The van der Waals surface area contributed by atoms with Crippen LogP contribution >= 0.6 is 11.6 Å². The highest BCUT2D eigenvalue weighted by Gasteiger charge is 2.22. The predicted molar refractivity (Wildman–Crippen MR) is 67.2 cm³/mol. The molecule has 0 bridgehead atoms. The molecule has 90 valence electrons. The first kappa shape index (κ1) is 10.8. The molecule has 17 heavy (non-hydrogen) atoms. The first-order chi connectivity index (χ1) is 8.33. The molecule has 2 N–H and O–H groups in total. The third kappa shape index (κ3) is 2.20. The lowest BCUT2D eigenvalue weighted by atomic mass is 10.1. The molecule has 3 rings (SSSR count). The van der Waals surface area contributed by atoms with E-state index in [0.29, 0.717) is 16.9 Å². The predicted octanol–water partition coefficient (Wildman–Crippen LogP) is 2.17. The van der Waals surface area contributed by atoms with Gasteiger partial charge >= 0.3 is 0 Å². The number of halogens is 1. The van der Waals surface area contributed by atoms with E-state index in [9.17, 15) is 0 Å². The van der Waals surface area contributed by atoms with Gasteiger partial charge in [0.2, 0.25) is 0 Å². The zero-order valence-electron chi connectivity index (χ0n) is 9.36. The summed E-state index contributed by atoms with van der Waals surface area (Å²) in [5.41, 5.74) is 1.57. The van der Waals surface area contributed by atoms with Crippen LogP contribution in [0.1, 0.15) is 19.3 Å². The Kier molecular flexibility index (Phi) is 2.84. The van der Waals surface area contributed by atoms with E-state index in [2.05, 4.69) is 25.3 Å². The number of imidazole rings is 1. The molecule has 0 aromatic carbocycles. The van der Waals surface area contributed by atoms with Crippen molar-refractivity contribution in [1.29, 1.82) is 0 Å². The molecule has 6 heteroatoms. The summed E-state index contributed by atoms with van der Waals surface area (Å²) in [5, 5.41) is 3.70. The number of alkyl halides is 1. The molecule has 1 fully saturated rings. The van der Waals surface area contributed by atoms with E-state index in [1.807, 2.05) is 0 Å². The minimum absolute atomic E-state index is 0.347. The second kappa shape index (κ2) is 4.49. The normalized spacial score (nSPS) is 24.3. The van der Waals surface area contributed by atoms with Crippen LogP contribution in [0.15, 0.2) is 12.7 Å². The van der Waals surface area contributed by atoms with Gasteiger partial charge in [0, 0.05) is 11.9 Å². The summed E-state index contributed by atoms with van der Waals surface area (Å²) in [6, 6.07) is 0. The van der Waals surface area contributed by atoms with E-state index in [4.69, 9.17) is 11.6 Å². The number of aromatic amines is 1. The Morgan fingerprint density at radius 2 is 2.29 bits per heavy atom. The van der Waals surface area contributed by atoms with Crippen LogP contribution in [0, 0.1) is 5.92 Å². The molecular weight excluding hydrogens is 238 g/mol. The third-order valence-electron chi connectivity index (χ3n) is 3.26. The van der Waals surface area contributed by atoms with Crippen molar-refractivity contribution >= 4 is 28.6 Å². The maximum atomic E-state index is 6.10. The second-order valence-electron chi connectivity index (χ2n) is 4.48. The van der Waals surface area contributed by atoms with Gasteiger partial charge in [0.05, 0.1) is 6.33 Å². The monoisotopic (exact) mass is 251 g/mol. The van der Waals surface area contributed by atoms with Crippen molar-refractivity contribution in [1.82, 2.24) is 19.9 Å². The molecule has 0 radical (unpaired) electrons. The highest BCUT2D eigenvalue weighted by atomic mass is 35.5. The van der Waals surface area contributed by atoms with E-state index >= 15 is 0 Å². The highest BCUT2D eigenvalue weighted by molar-refractivity contribution is 6.20. The Morgan fingerprint density at radius 3 is 3.12 bits per heavy atom. The third-order valence-corrected chi connectivity index (χ3v) is 3.65. The largest absolute Gasteiger partial charge is 0.368 e. The molecule has 2 heterocycles. The maximum Gasteiger partial charge on any atom is 0.182 e. The van der Waals surface area contributed by atoms with Gasteiger partial charge in [-0.2, -0.15) is 0 Å². The summed E-state index contributed by atoms with van der Waals surface area (Å²) in [5.74, 6) is 1.47. The van der Waals surface area contributed by atoms with E-state index in [1.165, 1.54) is 12.7 Å². The van der Waals surface area contributed by atoms with Gasteiger partial charge in [0.1, 0.15) is 11.8 Å². The minimum Gasteiger partial charge on any atom is -0.368 e. The van der Waals surface area contributed by atoms with Gasteiger partial charge in [-0.15, -0.1) is 11.6 Å². The number of nitrogens with zero attached hydrogens (tertiary/aromatic N) is 3. The number of hydrogen-bond donors (Lipinski definition) is 2. The summed E-state index contributed by atoms with van der Waals surface area (Å²) in [7, 11) is 0. The first-order valence-electron chi connectivity index (χ1n) is 5.85. The van der Waals surface area contributed by atoms with E-state index < -0.39 is 0 Å². The van der Waals surface area contributed by atoms with E-state index in [1.54, 1.807) is 6.33 Å². The fourth-order valence-corrected chi connectivity index (χ4v) is 2.72. The average Bonchev–Trinajstić information content (AvgIpc) is 2.94. The molecule has 2 aromatic rings. The van der Waals surface area contributed by atoms with E-state index in [0.717, 1.165) is 30.7 Å². The molecule has 1 saturated carbocycles. The van der Waals surface area contributed by atoms with E-state index in [-0.39, 0.29) is 0 Å². The van der Waals surface area contributed by atoms with Crippen LogP contribution in [0.2, 0.25) is 0 Å². The second-order valence-corrected chi connectivity index (χ2v) is 5.10. The summed E-state index contributed by atoms with van der Waals surface area (Å²) in [6.45, 7) is 0.911. The topological polar surface area (TPSA) is 66.5 Å². The fourth-order valence-electron chi connectivity index (χ4n) is 2.34. The number of hydrogen-bond acceptors (Lipinski definition) is 4. The van der Waals surface area contributed by atoms with Gasteiger partial charge in [-0.25, -0.2) is 15.0 Å². The summed E-state index contributed by atoms with van der Waals surface area (Å²) < 4.78 is 0. The lowest BCUT2D eigenvalue weighted by Gasteiger charge is -2.11. The smallest absolute Gasteiger partial charge is 0.182 e. The molecule has 0 spiro atoms. The molecule has 1 aliphatic carbocycles. The number of fused-ring (bicyclic) bond motifs is 1. The number of H-pyrrole nitrogens is 1. The Bertz CT molecular complexity index is 511. The maximum absolute atomic E-state index is 6.10. The molecule has 2 atom stereocenters. The average molecular weight is 252 g/mol. The van der Waals surface area contributed by atoms with Gasteiger partial charge < -0.3 is 10.3 Å². The van der Waals surface area contributed by atoms with Crippen molar-refractivity contribution in [2.45, 2.75) is 24.6 Å². The lowest BCUT2D eigenvalue weighted by molar-refractivity contribution is 0.580. The quantitative estimate of drug-likeness (QED) is 0.821. The Balaban J connectivity index is 1.70. The number of anilines is 1. The molecular formula is C11H14ClN5. The molecule has 0 saturated heterocycles. The minimum atomic E-state index is 0.347. The van der Waals surface area contributed by atoms with Crippen molar-refractivity contribution in [2.24, 2.45) is 5.92 Å². The van der Waals surface area contributed by atoms with Crippen molar-refractivity contribution in [3.63, 3.8) is 0 Å². The van der Waals surface area contributed by atoms with Crippen molar-refractivity contribution in [3.8, 4) is 0 Å².